The standard InChI is InChI=1S/C12H11BrFN5/c1-18-3-2-16-11(18)6-19-10-4-7(13)8(14)5-9(10)17-12(19)15/h2-5H,6H2,1H3,(H2,15,17). The molecule has 98 valence electrons. The lowest BCUT2D eigenvalue weighted by Crippen LogP contribution is -2.08. The van der Waals surface area contributed by atoms with Gasteiger partial charge in [-0.15, -0.1) is 0 Å². The van der Waals surface area contributed by atoms with Crippen LogP contribution < -0.4 is 5.73 Å². The summed E-state index contributed by atoms with van der Waals surface area (Å²) in [7, 11) is 1.91. The van der Waals surface area contributed by atoms with Crippen LogP contribution >= 0.6 is 15.9 Å². The smallest absolute Gasteiger partial charge is 0.201 e. The second-order valence-electron chi connectivity index (χ2n) is 4.27. The Labute approximate surface area is 117 Å². The molecule has 0 amide bonds. The second-order valence-corrected chi connectivity index (χ2v) is 5.12. The number of aromatic nitrogens is 4. The third-order valence-corrected chi connectivity index (χ3v) is 3.65. The van der Waals surface area contributed by atoms with Gasteiger partial charge in [-0.05, 0) is 22.0 Å². The predicted molar refractivity (Wildman–Crippen MR) is 74.1 cm³/mol. The van der Waals surface area contributed by atoms with Crippen molar-refractivity contribution in [1.29, 1.82) is 0 Å². The maximum absolute atomic E-state index is 13.5. The van der Waals surface area contributed by atoms with E-state index in [0.717, 1.165) is 11.3 Å². The van der Waals surface area contributed by atoms with Crippen molar-refractivity contribution in [1.82, 2.24) is 19.1 Å². The Kier molecular flexibility index (Phi) is 2.78. The molecule has 0 unspecified atom stereocenters. The summed E-state index contributed by atoms with van der Waals surface area (Å²) in [5.41, 5.74) is 7.20. The van der Waals surface area contributed by atoms with Crippen molar-refractivity contribution in [2.24, 2.45) is 7.05 Å². The number of rotatable bonds is 2. The van der Waals surface area contributed by atoms with Crippen LogP contribution in [0.1, 0.15) is 5.82 Å². The Bertz CT molecular complexity index is 761. The van der Waals surface area contributed by atoms with Gasteiger partial charge in [0.1, 0.15) is 11.6 Å². The molecule has 2 aromatic heterocycles. The average Bonchev–Trinajstić information content (AvgIpc) is 2.88. The van der Waals surface area contributed by atoms with E-state index in [9.17, 15) is 4.39 Å². The molecule has 1 aromatic carbocycles. The van der Waals surface area contributed by atoms with Crippen molar-refractivity contribution in [2.45, 2.75) is 6.54 Å². The van der Waals surface area contributed by atoms with Gasteiger partial charge >= 0.3 is 0 Å². The quantitative estimate of drug-likeness (QED) is 0.787. The number of halogens is 2. The van der Waals surface area contributed by atoms with E-state index in [-0.39, 0.29) is 5.82 Å². The minimum Gasteiger partial charge on any atom is -0.369 e. The number of anilines is 1. The number of hydrogen-bond donors (Lipinski definition) is 1. The highest BCUT2D eigenvalue weighted by molar-refractivity contribution is 9.10. The fraction of sp³-hybridized carbons (Fsp3) is 0.167. The summed E-state index contributed by atoms with van der Waals surface area (Å²) in [4.78, 5) is 8.42. The Morgan fingerprint density at radius 3 is 2.89 bits per heavy atom. The fourth-order valence-electron chi connectivity index (χ4n) is 2.00. The topological polar surface area (TPSA) is 61.7 Å². The van der Waals surface area contributed by atoms with Gasteiger partial charge in [0.25, 0.3) is 0 Å². The number of hydrogen-bond acceptors (Lipinski definition) is 3. The first kappa shape index (κ1) is 12.2. The van der Waals surface area contributed by atoms with Gasteiger partial charge in [-0.1, -0.05) is 0 Å². The number of benzene rings is 1. The van der Waals surface area contributed by atoms with Crippen molar-refractivity contribution < 1.29 is 4.39 Å². The molecule has 0 bridgehead atoms. The number of fused-ring (bicyclic) bond motifs is 1. The minimum absolute atomic E-state index is 0.343. The summed E-state index contributed by atoms with van der Waals surface area (Å²) in [6.45, 7) is 0.490. The van der Waals surface area contributed by atoms with Crippen molar-refractivity contribution in [2.75, 3.05) is 5.73 Å². The van der Waals surface area contributed by atoms with Crippen LogP contribution in [0.15, 0.2) is 29.0 Å². The number of nitrogen functional groups attached to an aromatic ring is 1. The third-order valence-electron chi connectivity index (χ3n) is 3.04. The van der Waals surface area contributed by atoms with Crippen molar-refractivity contribution in [3.05, 3.63) is 40.6 Å². The van der Waals surface area contributed by atoms with Crippen LogP contribution in [0.25, 0.3) is 11.0 Å². The first-order chi connectivity index (χ1) is 9.06. The molecule has 2 N–H and O–H groups in total. The third kappa shape index (κ3) is 1.99. The first-order valence-electron chi connectivity index (χ1n) is 5.63. The van der Waals surface area contributed by atoms with E-state index in [1.165, 1.54) is 6.07 Å². The minimum atomic E-state index is -0.353. The van der Waals surface area contributed by atoms with E-state index < -0.39 is 0 Å². The molecule has 7 heteroatoms. The molecule has 0 aliphatic carbocycles. The number of aryl methyl sites for hydroxylation is 1. The lowest BCUT2D eigenvalue weighted by atomic mass is 10.3. The maximum Gasteiger partial charge on any atom is 0.201 e. The van der Waals surface area contributed by atoms with Gasteiger partial charge in [0.05, 0.1) is 22.1 Å². The second kappa shape index (κ2) is 4.34. The molecule has 0 saturated heterocycles. The van der Waals surface area contributed by atoms with Crippen LogP contribution in [-0.2, 0) is 13.6 Å². The molecule has 0 fully saturated rings. The normalized spacial score (nSPS) is 11.3. The van der Waals surface area contributed by atoms with Gasteiger partial charge in [0, 0.05) is 25.5 Å². The maximum atomic E-state index is 13.5. The zero-order valence-corrected chi connectivity index (χ0v) is 11.7. The van der Waals surface area contributed by atoms with E-state index in [0.29, 0.717) is 22.5 Å². The van der Waals surface area contributed by atoms with Gasteiger partial charge in [-0.2, -0.15) is 0 Å². The lowest BCUT2D eigenvalue weighted by Gasteiger charge is -2.06. The molecule has 19 heavy (non-hydrogen) atoms. The van der Waals surface area contributed by atoms with Gasteiger partial charge in [-0.25, -0.2) is 14.4 Å². The Balaban J connectivity index is 2.15. The van der Waals surface area contributed by atoms with E-state index in [4.69, 9.17) is 5.73 Å². The highest BCUT2D eigenvalue weighted by Crippen LogP contribution is 2.25. The largest absolute Gasteiger partial charge is 0.369 e. The number of nitrogens with two attached hydrogens (primary N) is 1. The monoisotopic (exact) mass is 323 g/mol. The van der Waals surface area contributed by atoms with Crippen molar-refractivity contribution in [3.8, 4) is 0 Å². The van der Waals surface area contributed by atoms with Crippen LogP contribution in [-0.4, -0.2) is 19.1 Å². The molecule has 0 atom stereocenters. The van der Waals surface area contributed by atoms with Gasteiger partial charge < -0.3 is 14.9 Å². The molecule has 0 aliphatic rings. The zero-order valence-electron chi connectivity index (χ0n) is 10.1. The van der Waals surface area contributed by atoms with Crippen LogP contribution in [0.4, 0.5) is 10.3 Å². The molecule has 0 radical (unpaired) electrons. The zero-order chi connectivity index (χ0) is 13.6. The van der Waals surface area contributed by atoms with Gasteiger partial charge in [-0.3, -0.25) is 0 Å². The fourth-order valence-corrected chi connectivity index (χ4v) is 2.33. The lowest BCUT2D eigenvalue weighted by molar-refractivity contribution is 0.622. The molecule has 0 saturated carbocycles. The van der Waals surface area contributed by atoms with Crippen LogP contribution in [0.2, 0.25) is 0 Å². The Hall–Kier alpha value is -1.89. The first-order valence-corrected chi connectivity index (χ1v) is 6.42. The molecular formula is C12H11BrFN5. The summed E-state index contributed by atoms with van der Waals surface area (Å²) in [5, 5.41) is 0. The predicted octanol–water partition coefficient (Wildman–Crippen LogP) is 2.30. The summed E-state index contributed by atoms with van der Waals surface area (Å²) in [6.07, 6.45) is 3.58. The molecule has 3 rings (SSSR count). The summed E-state index contributed by atoms with van der Waals surface area (Å²) >= 11 is 3.17. The molecule has 3 aromatic rings. The van der Waals surface area contributed by atoms with Crippen molar-refractivity contribution in [3.63, 3.8) is 0 Å². The molecule has 2 heterocycles. The van der Waals surface area contributed by atoms with E-state index in [2.05, 4.69) is 25.9 Å². The van der Waals surface area contributed by atoms with E-state index >= 15 is 0 Å². The van der Waals surface area contributed by atoms with Crippen LogP contribution in [0, 0.1) is 5.82 Å². The SMILES string of the molecule is Cn1ccnc1Cn1c(N)nc2cc(F)c(Br)cc21. The highest BCUT2D eigenvalue weighted by Gasteiger charge is 2.13. The Morgan fingerprint density at radius 2 is 2.21 bits per heavy atom. The van der Waals surface area contributed by atoms with Gasteiger partial charge in [0.2, 0.25) is 5.95 Å². The van der Waals surface area contributed by atoms with Crippen molar-refractivity contribution >= 4 is 32.9 Å². The molecule has 0 aliphatic heterocycles. The summed E-state index contributed by atoms with van der Waals surface area (Å²) < 4.78 is 17.6. The van der Waals surface area contributed by atoms with E-state index in [1.54, 1.807) is 12.3 Å². The summed E-state index contributed by atoms with van der Waals surface area (Å²) in [5.74, 6) is 0.844. The number of imidazole rings is 2. The average molecular weight is 324 g/mol. The van der Waals surface area contributed by atoms with Gasteiger partial charge in [0.15, 0.2) is 0 Å². The van der Waals surface area contributed by atoms with Crippen LogP contribution in [0.3, 0.4) is 0 Å². The molecule has 0 spiro atoms. The molecular weight excluding hydrogens is 313 g/mol. The summed E-state index contributed by atoms with van der Waals surface area (Å²) in [6, 6.07) is 3.04. The molecule has 5 nitrogen and oxygen atoms in total. The van der Waals surface area contributed by atoms with Crippen LogP contribution in [0.5, 0.6) is 0 Å². The number of nitrogens with zero attached hydrogens (tertiary/aromatic N) is 4. The Morgan fingerprint density at radius 1 is 1.42 bits per heavy atom. The van der Waals surface area contributed by atoms with E-state index in [1.807, 2.05) is 22.4 Å². The highest BCUT2D eigenvalue weighted by atomic mass is 79.9.